The molecule has 5 nitrogen and oxygen atoms in total. The van der Waals surface area contributed by atoms with Crippen LogP contribution in [0.3, 0.4) is 0 Å². The standard InChI is InChI=1S/C16H22N4O/c1-10(17-11(2)16(21)18-12-8-9-12)15-19-13-6-4-5-7-14(13)20(15)3/h4-7,10-12,17H,8-9H2,1-3H3,(H,18,21). The average Bonchev–Trinajstić information content (AvgIpc) is 3.21. The highest BCUT2D eigenvalue weighted by atomic mass is 16.2. The summed E-state index contributed by atoms with van der Waals surface area (Å²) in [4.78, 5) is 16.7. The largest absolute Gasteiger partial charge is 0.352 e. The number of aromatic nitrogens is 2. The Morgan fingerprint density at radius 3 is 2.71 bits per heavy atom. The van der Waals surface area contributed by atoms with Crippen molar-refractivity contribution >= 4 is 16.9 Å². The summed E-state index contributed by atoms with van der Waals surface area (Å²) in [6.45, 7) is 3.94. The van der Waals surface area contributed by atoms with E-state index in [4.69, 9.17) is 0 Å². The van der Waals surface area contributed by atoms with Crippen LogP contribution in [0.5, 0.6) is 0 Å². The third kappa shape index (κ3) is 2.93. The van der Waals surface area contributed by atoms with Crippen LogP contribution in [0.15, 0.2) is 24.3 Å². The second kappa shape index (κ2) is 5.48. The minimum absolute atomic E-state index is 0.0161. The van der Waals surface area contributed by atoms with E-state index in [1.165, 1.54) is 0 Å². The highest BCUT2D eigenvalue weighted by molar-refractivity contribution is 5.82. The van der Waals surface area contributed by atoms with Crippen molar-refractivity contribution in [2.75, 3.05) is 0 Å². The lowest BCUT2D eigenvalue weighted by atomic mass is 10.2. The number of benzene rings is 1. The van der Waals surface area contributed by atoms with Gasteiger partial charge in [-0.25, -0.2) is 4.98 Å². The minimum atomic E-state index is -0.222. The van der Waals surface area contributed by atoms with Crippen molar-refractivity contribution in [2.24, 2.45) is 7.05 Å². The van der Waals surface area contributed by atoms with Crippen LogP contribution < -0.4 is 10.6 Å². The van der Waals surface area contributed by atoms with Gasteiger partial charge in [0.25, 0.3) is 0 Å². The molecule has 0 aliphatic heterocycles. The number of imidazole rings is 1. The molecule has 0 spiro atoms. The fraction of sp³-hybridized carbons (Fsp3) is 0.500. The lowest BCUT2D eigenvalue weighted by Gasteiger charge is -2.19. The monoisotopic (exact) mass is 286 g/mol. The fourth-order valence-electron chi connectivity index (χ4n) is 2.63. The van der Waals surface area contributed by atoms with Crippen LogP contribution in [0.25, 0.3) is 11.0 Å². The lowest BCUT2D eigenvalue weighted by Crippen LogP contribution is -2.44. The molecule has 1 aromatic carbocycles. The summed E-state index contributed by atoms with van der Waals surface area (Å²) in [5.74, 6) is 1.02. The van der Waals surface area contributed by atoms with Crippen molar-refractivity contribution in [3.05, 3.63) is 30.1 Å². The maximum Gasteiger partial charge on any atom is 0.237 e. The Morgan fingerprint density at radius 2 is 2.05 bits per heavy atom. The van der Waals surface area contributed by atoms with Crippen LogP contribution in [0.1, 0.15) is 38.6 Å². The van der Waals surface area contributed by atoms with Crippen LogP contribution in [0.4, 0.5) is 0 Å². The smallest absolute Gasteiger partial charge is 0.237 e. The molecule has 3 rings (SSSR count). The van der Waals surface area contributed by atoms with Crippen molar-refractivity contribution in [1.29, 1.82) is 0 Å². The predicted octanol–water partition coefficient (Wildman–Crippen LogP) is 1.89. The number of carbonyl (C=O) groups is 1. The van der Waals surface area contributed by atoms with Crippen LogP contribution >= 0.6 is 0 Å². The molecule has 2 N–H and O–H groups in total. The number of nitrogens with zero attached hydrogens (tertiary/aromatic N) is 2. The van der Waals surface area contributed by atoms with Crippen LogP contribution in [0.2, 0.25) is 0 Å². The summed E-state index contributed by atoms with van der Waals surface area (Å²) in [6.07, 6.45) is 2.22. The number of rotatable bonds is 5. The average molecular weight is 286 g/mol. The summed E-state index contributed by atoms with van der Waals surface area (Å²) in [5, 5.41) is 6.36. The first-order valence-electron chi connectivity index (χ1n) is 7.54. The Hall–Kier alpha value is -1.88. The number of hydrogen-bond acceptors (Lipinski definition) is 3. The Kier molecular flexibility index (Phi) is 3.68. The number of carbonyl (C=O) groups excluding carboxylic acids is 1. The van der Waals surface area contributed by atoms with Gasteiger partial charge in [0.15, 0.2) is 0 Å². The number of para-hydroxylation sites is 2. The normalized spacial score (nSPS) is 17.7. The van der Waals surface area contributed by atoms with E-state index in [-0.39, 0.29) is 18.0 Å². The molecular formula is C16H22N4O. The highest BCUT2D eigenvalue weighted by Gasteiger charge is 2.26. The zero-order valence-electron chi connectivity index (χ0n) is 12.8. The molecule has 2 atom stereocenters. The predicted molar refractivity (Wildman–Crippen MR) is 82.9 cm³/mol. The summed E-state index contributed by atoms with van der Waals surface area (Å²) in [7, 11) is 2.01. The third-order valence-electron chi connectivity index (χ3n) is 4.03. The second-order valence-corrected chi connectivity index (χ2v) is 5.91. The van der Waals surface area contributed by atoms with Gasteiger partial charge in [0.05, 0.1) is 23.1 Å². The van der Waals surface area contributed by atoms with E-state index < -0.39 is 0 Å². The number of hydrogen-bond donors (Lipinski definition) is 2. The molecule has 112 valence electrons. The van der Waals surface area contributed by atoms with Gasteiger partial charge in [0, 0.05) is 13.1 Å². The van der Waals surface area contributed by atoms with E-state index in [9.17, 15) is 4.79 Å². The quantitative estimate of drug-likeness (QED) is 0.882. The molecule has 2 aromatic rings. The molecule has 1 aliphatic rings. The molecule has 0 saturated heterocycles. The summed E-state index contributed by atoms with van der Waals surface area (Å²) in [6, 6.07) is 8.26. The van der Waals surface area contributed by atoms with Crippen molar-refractivity contribution in [3.63, 3.8) is 0 Å². The molecule has 1 heterocycles. The molecule has 1 saturated carbocycles. The lowest BCUT2D eigenvalue weighted by molar-refractivity contribution is -0.123. The van der Waals surface area contributed by atoms with Gasteiger partial charge in [-0.3, -0.25) is 10.1 Å². The maximum absolute atomic E-state index is 12.0. The molecule has 1 fully saturated rings. The summed E-state index contributed by atoms with van der Waals surface area (Å²) >= 11 is 0. The number of nitrogens with one attached hydrogen (secondary N) is 2. The molecular weight excluding hydrogens is 264 g/mol. The first-order chi connectivity index (χ1) is 10.1. The third-order valence-corrected chi connectivity index (χ3v) is 4.03. The summed E-state index contributed by atoms with van der Waals surface area (Å²) in [5.41, 5.74) is 2.09. The zero-order valence-corrected chi connectivity index (χ0v) is 12.8. The van der Waals surface area contributed by atoms with Gasteiger partial charge < -0.3 is 9.88 Å². The van der Waals surface area contributed by atoms with Gasteiger partial charge in [-0.15, -0.1) is 0 Å². The van der Waals surface area contributed by atoms with E-state index >= 15 is 0 Å². The Labute approximate surface area is 124 Å². The molecule has 0 radical (unpaired) electrons. The zero-order chi connectivity index (χ0) is 15.0. The molecule has 1 amide bonds. The molecule has 5 heteroatoms. The summed E-state index contributed by atoms with van der Waals surface area (Å²) < 4.78 is 2.08. The highest BCUT2D eigenvalue weighted by Crippen LogP contribution is 2.20. The number of aryl methyl sites for hydroxylation is 1. The van der Waals surface area contributed by atoms with Gasteiger partial charge >= 0.3 is 0 Å². The van der Waals surface area contributed by atoms with E-state index in [0.717, 1.165) is 29.7 Å². The van der Waals surface area contributed by atoms with Crippen molar-refractivity contribution in [2.45, 2.75) is 44.8 Å². The maximum atomic E-state index is 12.0. The molecule has 2 unspecified atom stereocenters. The van der Waals surface area contributed by atoms with Gasteiger partial charge in [0.1, 0.15) is 5.82 Å². The number of amides is 1. The van der Waals surface area contributed by atoms with Crippen LogP contribution in [-0.2, 0) is 11.8 Å². The topological polar surface area (TPSA) is 59.0 Å². The fourth-order valence-corrected chi connectivity index (χ4v) is 2.63. The first-order valence-corrected chi connectivity index (χ1v) is 7.54. The minimum Gasteiger partial charge on any atom is -0.352 e. The number of fused-ring (bicyclic) bond motifs is 1. The van der Waals surface area contributed by atoms with E-state index in [0.29, 0.717) is 6.04 Å². The van der Waals surface area contributed by atoms with Crippen molar-refractivity contribution in [3.8, 4) is 0 Å². The Balaban J connectivity index is 1.72. The van der Waals surface area contributed by atoms with E-state index in [1.807, 2.05) is 39.1 Å². The Morgan fingerprint density at radius 1 is 1.33 bits per heavy atom. The first kappa shape index (κ1) is 14.1. The van der Waals surface area contributed by atoms with E-state index in [1.54, 1.807) is 0 Å². The van der Waals surface area contributed by atoms with Gasteiger partial charge in [0.2, 0.25) is 5.91 Å². The van der Waals surface area contributed by atoms with Crippen LogP contribution in [0, 0.1) is 0 Å². The molecule has 1 aliphatic carbocycles. The van der Waals surface area contributed by atoms with E-state index in [2.05, 4.69) is 26.3 Å². The van der Waals surface area contributed by atoms with Crippen molar-refractivity contribution < 1.29 is 4.79 Å². The molecule has 1 aromatic heterocycles. The molecule has 0 bridgehead atoms. The molecule has 21 heavy (non-hydrogen) atoms. The Bertz CT molecular complexity index is 659. The van der Waals surface area contributed by atoms with Crippen molar-refractivity contribution in [1.82, 2.24) is 20.2 Å². The van der Waals surface area contributed by atoms with Gasteiger partial charge in [-0.1, -0.05) is 12.1 Å². The SMILES string of the molecule is CC(NC(C)c1nc2ccccc2n1C)C(=O)NC1CC1. The van der Waals surface area contributed by atoms with Gasteiger partial charge in [-0.2, -0.15) is 0 Å². The van der Waals surface area contributed by atoms with Crippen LogP contribution in [-0.4, -0.2) is 27.5 Å². The second-order valence-electron chi connectivity index (χ2n) is 5.91. The van der Waals surface area contributed by atoms with Gasteiger partial charge in [-0.05, 0) is 38.8 Å².